The zero-order chi connectivity index (χ0) is 25.2. The van der Waals surface area contributed by atoms with Gasteiger partial charge < -0.3 is 24.1 Å². The van der Waals surface area contributed by atoms with E-state index in [9.17, 15) is 9.59 Å². The number of halogens is 1. The van der Waals surface area contributed by atoms with E-state index in [2.05, 4.69) is 27.0 Å². The monoisotopic (exact) mass is 511 g/mol. The van der Waals surface area contributed by atoms with Gasteiger partial charge in [0, 0.05) is 24.9 Å². The summed E-state index contributed by atoms with van der Waals surface area (Å²) in [5.74, 6) is -0.209. The van der Waals surface area contributed by atoms with Crippen molar-refractivity contribution >= 4 is 34.3 Å². The fourth-order valence-electron chi connectivity index (χ4n) is 4.35. The van der Waals surface area contributed by atoms with Crippen LogP contribution in [-0.4, -0.2) is 63.8 Å². The SMILES string of the molecule is COC(=O)C(C)n1cc(Oc2nc3nc(C4=CC=C(N5CCOCC5)CC4)c(Cl)cc3[nH]2)ccc1=O. The van der Waals surface area contributed by atoms with Gasteiger partial charge in [0.15, 0.2) is 5.65 Å². The standard InChI is InChI=1S/C25H26ClN5O5/c1-15(24(33)34-2)31-14-18(7-8-21(31)32)36-25-27-20-13-19(26)22(28-23(20)29-25)16-3-5-17(6-4-16)30-9-11-35-12-10-30/h3,5,7-8,13-15H,4,6,9-12H2,1-2H3,(H,27,28,29). The Balaban J connectivity index is 1.38. The highest BCUT2D eigenvalue weighted by molar-refractivity contribution is 6.32. The molecule has 4 heterocycles. The number of H-pyrrole nitrogens is 1. The lowest BCUT2D eigenvalue weighted by molar-refractivity contribution is -0.144. The maximum atomic E-state index is 12.2. The van der Waals surface area contributed by atoms with Gasteiger partial charge in [0.1, 0.15) is 11.8 Å². The molecule has 1 aliphatic carbocycles. The summed E-state index contributed by atoms with van der Waals surface area (Å²) in [6.45, 7) is 4.91. The molecule has 11 heteroatoms. The number of nitrogens with zero attached hydrogens (tertiary/aromatic N) is 4. The number of carbonyl (C=O) groups excluding carboxylic acids is 1. The molecule has 36 heavy (non-hydrogen) atoms. The number of esters is 1. The maximum absolute atomic E-state index is 12.2. The van der Waals surface area contributed by atoms with Gasteiger partial charge in [-0.3, -0.25) is 9.36 Å². The van der Waals surface area contributed by atoms with Crippen molar-refractivity contribution in [3.05, 3.63) is 63.3 Å². The average Bonchev–Trinajstić information content (AvgIpc) is 3.29. The van der Waals surface area contributed by atoms with Crippen molar-refractivity contribution in [2.24, 2.45) is 0 Å². The third-order valence-electron chi connectivity index (χ3n) is 6.34. The Kier molecular flexibility index (Phi) is 6.80. The largest absolute Gasteiger partial charge is 0.467 e. The molecule has 0 bridgehead atoms. The smallest absolute Gasteiger partial charge is 0.328 e. The van der Waals surface area contributed by atoms with Crippen molar-refractivity contribution in [1.82, 2.24) is 24.4 Å². The fraction of sp³-hybridized carbons (Fsp3) is 0.360. The predicted molar refractivity (Wildman–Crippen MR) is 134 cm³/mol. The van der Waals surface area contributed by atoms with Gasteiger partial charge >= 0.3 is 12.0 Å². The highest BCUT2D eigenvalue weighted by Crippen LogP contribution is 2.33. The van der Waals surface area contributed by atoms with Crippen LogP contribution in [0.15, 0.2) is 47.0 Å². The lowest BCUT2D eigenvalue weighted by Gasteiger charge is -2.32. The Hall–Kier alpha value is -3.63. The van der Waals surface area contributed by atoms with Gasteiger partial charge in [0.2, 0.25) is 0 Å². The summed E-state index contributed by atoms with van der Waals surface area (Å²) in [5.41, 5.74) is 3.78. The summed E-state index contributed by atoms with van der Waals surface area (Å²) in [6, 6.07) is 3.99. The number of aromatic amines is 1. The molecular formula is C25H26ClN5O5. The first kappa shape index (κ1) is 24.1. The van der Waals surface area contributed by atoms with E-state index in [4.69, 9.17) is 30.8 Å². The lowest BCUT2D eigenvalue weighted by atomic mass is 9.98. The van der Waals surface area contributed by atoms with Gasteiger partial charge in [0.05, 0.1) is 42.8 Å². The molecule has 188 valence electrons. The van der Waals surface area contributed by atoms with Crippen molar-refractivity contribution in [2.75, 3.05) is 33.4 Å². The second-order valence-corrected chi connectivity index (χ2v) is 9.00. The van der Waals surface area contributed by atoms with E-state index in [-0.39, 0.29) is 11.6 Å². The molecule has 5 rings (SSSR count). The minimum Gasteiger partial charge on any atom is -0.467 e. The summed E-state index contributed by atoms with van der Waals surface area (Å²) < 4.78 is 17.3. The van der Waals surface area contributed by atoms with E-state index < -0.39 is 12.0 Å². The highest BCUT2D eigenvalue weighted by atomic mass is 35.5. The Morgan fingerprint density at radius 1 is 1.19 bits per heavy atom. The molecule has 3 aromatic rings. The van der Waals surface area contributed by atoms with E-state index in [1.807, 2.05) is 0 Å². The van der Waals surface area contributed by atoms with Gasteiger partial charge in [-0.25, -0.2) is 9.78 Å². The molecule has 1 unspecified atom stereocenters. The molecule has 0 radical (unpaired) electrons. The Morgan fingerprint density at radius 3 is 2.72 bits per heavy atom. The number of nitrogens with one attached hydrogen (secondary N) is 1. The summed E-state index contributed by atoms with van der Waals surface area (Å²) in [7, 11) is 1.27. The molecular weight excluding hydrogens is 486 g/mol. The normalized spacial score (nSPS) is 16.9. The van der Waals surface area contributed by atoms with Crippen LogP contribution in [0.25, 0.3) is 16.7 Å². The van der Waals surface area contributed by atoms with Crippen LogP contribution < -0.4 is 10.3 Å². The predicted octanol–water partition coefficient (Wildman–Crippen LogP) is 3.69. The van der Waals surface area contributed by atoms with Gasteiger partial charge in [-0.1, -0.05) is 17.7 Å². The van der Waals surface area contributed by atoms with Crippen LogP contribution in [0.1, 0.15) is 31.5 Å². The van der Waals surface area contributed by atoms with E-state index >= 15 is 0 Å². The Labute approximate surface area is 212 Å². The van der Waals surface area contributed by atoms with Crippen LogP contribution in [0.3, 0.4) is 0 Å². The molecule has 3 aromatic heterocycles. The van der Waals surface area contributed by atoms with Crippen molar-refractivity contribution < 1.29 is 19.0 Å². The van der Waals surface area contributed by atoms with E-state index in [1.54, 1.807) is 13.0 Å². The number of pyridine rings is 2. The number of allylic oxidation sites excluding steroid dienone is 4. The molecule has 2 aliphatic rings. The highest BCUT2D eigenvalue weighted by Gasteiger charge is 2.20. The summed E-state index contributed by atoms with van der Waals surface area (Å²) >= 11 is 6.59. The Morgan fingerprint density at radius 2 is 2.00 bits per heavy atom. The molecule has 0 amide bonds. The molecule has 0 spiro atoms. The minimum atomic E-state index is -0.800. The number of imidazole rings is 1. The van der Waals surface area contributed by atoms with E-state index in [0.29, 0.717) is 27.6 Å². The fourth-order valence-corrected chi connectivity index (χ4v) is 4.62. The molecule has 1 atom stereocenters. The number of fused-ring (bicyclic) bond motifs is 1. The average molecular weight is 512 g/mol. The van der Waals surface area contributed by atoms with Crippen molar-refractivity contribution in [3.63, 3.8) is 0 Å². The second kappa shape index (κ2) is 10.2. The third kappa shape index (κ3) is 4.87. The number of hydrogen-bond acceptors (Lipinski definition) is 8. The first-order valence-corrected chi connectivity index (χ1v) is 12.1. The minimum absolute atomic E-state index is 0.189. The molecule has 0 aromatic carbocycles. The molecule has 1 saturated heterocycles. The molecule has 1 N–H and O–H groups in total. The Bertz CT molecular complexity index is 1420. The van der Waals surface area contributed by atoms with Gasteiger partial charge in [0.25, 0.3) is 5.56 Å². The van der Waals surface area contributed by atoms with E-state index in [0.717, 1.165) is 44.7 Å². The summed E-state index contributed by atoms with van der Waals surface area (Å²) in [6.07, 6.45) is 7.39. The molecule has 1 aliphatic heterocycles. The number of ether oxygens (including phenoxy) is 3. The molecule has 0 saturated carbocycles. The summed E-state index contributed by atoms with van der Waals surface area (Å²) in [5, 5.41) is 0.521. The maximum Gasteiger partial charge on any atom is 0.328 e. The van der Waals surface area contributed by atoms with Crippen LogP contribution >= 0.6 is 11.6 Å². The van der Waals surface area contributed by atoms with Gasteiger partial charge in [-0.15, -0.1) is 0 Å². The number of methoxy groups -OCH3 is 1. The number of carbonyl (C=O) groups is 1. The van der Waals surface area contributed by atoms with Crippen LogP contribution in [0.5, 0.6) is 11.8 Å². The van der Waals surface area contributed by atoms with Crippen LogP contribution in [0.4, 0.5) is 0 Å². The van der Waals surface area contributed by atoms with E-state index in [1.165, 1.54) is 35.7 Å². The number of rotatable bonds is 6. The van der Waals surface area contributed by atoms with Crippen LogP contribution in [0, 0.1) is 0 Å². The first-order chi connectivity index (χ1) is 17.4. The van der Waals surface area contributed by atoms with Gasteiger partial charge in [-0.2, -0.15) is 4.98 Å². The summed E-state index contributed by atoms with van der Waals surface area (Å²) in [4.78, 5) is 38.6. The zero-order valence-corrected chi connectivity index (χ0v) is 20.7. The van der Waals surface area contributed by atoms with Crippen LogP contribution in [-0.2, 0) is 14.3 Å². The second-order valence-electron chi connectivity index (χ2n) is 8.59. The van der Waals surface area contributed by atoms with Crippen molar-refractivity contribution in [1.29, 1.82) is 0 Å². The number of aromatic nitrogens is 4. The van der Waals surface area contributed by atoms with Crippen LogP contribution in [0.2, 0.25) is 5.02 Å². The quantitative estimate of drug-likeness (QED) is 0.499. The lowest BCUT2D eigenvalue weighted by Crippen LogP contribution is -2.35. The molecule has 1 fully saturated rings. The third-order valence-corrected chi connectivity index (χ3v) is 6.63. The van der Waals surface area contributed by atoms with Gasteiger partial charge in [-0.05, 0) is 43.5 Å². The number of hydrogen-bond donors (Lipinski definition) is 1. The first-order valence-electron chi connectivity index (χ1n) is 11.7. The van der Waals surface area contributed by atoms with Crippen molar-refractivity contribution in [2.45, 2.75) is 25.8 Å². The topological polar surface area (TPSA) is 112 Å². The molecule has 10 nitrogen and oxygen atoms in total. The zero-order valence-electron chi connectivity index (χ0n) is 20.0. The number of morpholine rings is 1. The van der Waals surface area contributed by atoms with Crippen molar-refractivity contribution in [3.8, 4) is 11.8 Å².